The SMILES string of the molecule is CCOC(=O)C=Cc1cnn(-c2nc(NC3CCCC3)c3ncn([C@@H]4O[C@@H](CO[Si](C)(C)C(C)(C)C)[C@H](O[Si](C)(C)C(C)(C)C)[C@@H]4O[Si](C)(C)C(C)(C)C)c3n2)c1. The standard InChI is InChI=1S/C41H71N7O6Si3/c1-17-50-31(49)23-22-28-24-43-48(25-28)38-45-35(44-29-20-18-19-21-29)32-36(46-38)47(27-42-32)37-34(54-57(15,16)41(8,9)10)33(53-56(13,14)40(5,6)7)30(52-37)26-51-55(11,12)39(2,3)4/h22-25,27,29-30,33-34,37H,17-21,26H2,1-16H3,(H,44,45,46)/t30-,33-,34-,37+/m0/s1. The normalized spacial score (nSPS) is 22.0. The lowest BCUT2D eigenvalue weighted by atomic mass is 10.1. The molecule has 0 unspecified atom stereocenters. The minimum Gasteiger partial charge on any atom is -0.463 e. The number of aromatic nitrogens is 6. The molecule has 0 amide bonds. The van der Waals surface area contributed by atoms with E-state index in [4.69, 9.17) is 37.7 Å². The maximum Gasteiger partial charge on any atom is 0.330 e. The fraction of sp³-hybridized carbons (Fsp3) is 0.732. The summed E-state index contributed by atoms with van der Waals surface area (Å²) in [6, 6.07) is 0.276. The molecule has 2 aliphatic rings. The van der Waals surface area contributed by atoms with E-state index in [2.05, 4.69) is 112 Å². The third-order valence-electron chi connectivity index (χ3n) is 13.1. The summed E-state index contributed by atoms with van der Waals surface area (Å²) in [5, 5.41) is 8.21. The predicted octanol–water partition coefficient (Wildman–Crippen LogP) is 9.64. The van der Waals surface area contributed by atoms with Crippen molar-refractivity contribution in [2.45, 2.75) is 180 Å². The first-order chi connectivity index (χ1) is 26.2. The molecule has 4 atom stereocenters. The van der Waals surface area contributed by atoms with E-state index in [1.54, 1.807) is 30.1 Å². The smallest absolute Gasteiger partial charge is 0.330 e. The Morgan fingerprint density at radius 3 is 2.07 bits per heavy atom. The van der Waals surface area contributed by atoms with Crippen molar-refractivity contribution >= 4 is 54.0 Å². The van der Waals surface area contributed by atoms with Gasteiger partial charge in [0.25, 0.3) is 5.95 Å². The number of imidazole rings is 1. The number of carbonyl (C=O) groups is 1. The van der Waals surface area contributed by atoms with Gasteiger partial charge in [0, 0.05) is 23.9 Å². The molecule has 1 aliphatic heterocycles. The molecule has 3 aromatic rings. The van der Waals surface area contributed by atoms with E-state index in [9.17, 15) is 4.79 Å². The lowest BCUT2D eigenvalue weighted by molar-refractivity contribution is -0.137. The number of anilines is 1. The highest BCUT2D eigenvalue weighted by Gasteiger charge is 2.55. The molecule has 5 rings (SSSR count). The number of esters is 1. The Morgan fingerprint density at radius 2 is 1.49 bits per heavy atom. The highest BCUT2D eigenvalue weighted by Crippen LogP contribution is 2.47. The maximum absolute atomic E-state index is 12.0. The Bertz CT molecular complexity index is 1880. The molecule has 0 aromatic carbocycles. The number of hydrogen-bond acceptors (Lipinski definition) is 11. The third-order valence-corrected chi connectivity index (χ3v) is 26.5. The third kappa shape index (κ3) is 10.2. The van der Waals surface area contributed by atoms with E-state index >= 15 is 0 Å². The van der Waals surface area contributed by atoms with Gasteiger partial charge in [0.05, 0.1) is 25.7 Å². The van der Waals surface area contributed by atoms with Gasteiger partial charge in [0.1, 0.15) is 18.3 Å². The van der Waals surface area contributed by atoms with Gasteiger partial charge in [-0.3, -0.25) is 4.57 Å². The summed E-state index contributed by atoms with van der Waals surface area (Å²) in [6.45, 7) is 36.6. The molecule has 318 valence electrons. The first-order valence-electron chi connectivity index (χ1n) is 20.8. The van der Waals surface area contributed by atoms with Crippen LogP contribution in [0.4, 0.5) is 5.82 Å². The molecular formula is C41H71N7O6Si3. The Kier molecular flexibility index (Phi) is 13.3. The van der Waals surface area contributed by atoms with E-state index in [1.165, 1.54) is 18.9 Å². The van der Waals surface area contributed by atoms with Crippen LogP contribution in [0.25, 0.3) is 23.2 Å². The minimum atomic E-state index is -2.40. The van der Waals surface area contributed by atoms with Crippen molar-refractivity contribution in [3.05, 3.63) is 30.4 Å². The van der Waals surface area contributed by atoms with Gasteiger partial charge in [0.15, 0.2) is 48.2 Å². The van der Waals surface area contributed by atoms with Gasteiger partial charge >= 0.3 is 5.97 Å². The van der Waals surface area contributed by atoms with Crippen molar-refractivity contribution in [2.75, 3.05) is 18.5 Å². The molecule has 1 saturated carbocycles. The number of carbonyl (C=O) groups excluding carboxylic acids is 1. The Morgan fingerprint density at radius 1 is 0.895 bits per heavy atom. The van der Waals surface area contributed by atoms with Crippen molar-refractivity contribution in [1.82, 2.24) is 29.3 Å². The molecule has 13 nitrogen and oxygen atoms in total. The number of hydrogen-bond donors (Lipinski definition) is 1. The second-order valence-corrected chi connectivity index (χ2v) is 34.8. The van der Waals surface area contributed by atoms with Crippen molar-refractivity contribution in [1.29, 1.82) is 0 Å². The highest BCUT2D eigenvalue weighted by atomic mass is 28.4. The summed E-state index contributed by atoms with van der Waals surface area (Å²) in [7, 11) is -6.91. The minimum absolute atomic E-state index is 0.0232. The second kappa shape index (κ2) is 16.7. The molecule has 1 aliphatic carbocycles. The number of fused-ring (bicyclic) bond motifs is 1. The van der Waals surface area contributed by atoms with Crippen LogP contribution in [0.15, 0.2) is 24.8 Å². The predicted molar refractivity (Wildman–Crippen MR) is 235 cm³/mol. The largest absolute Gasteiger partial charge is 0.463 e. The summed E-state index contributed by atoms with van der Waals surface area (Å²) in [6.07, 6.45) is 10.9. The van der Waals surface area contributed by atoms with Crippen molar-refractivity contribution in [3.63, 3.8) is 0 Å². The average molecular weight is 842 g/mol. The maximum atomic E-state index is 12.0. The van der Waals surface area contributed by atoms with Gasteiger partial charge in [-0.15, -0.1) is 0 Å². The topological polar surface area (TPSA) is 137 Å². The van der Waals surface area contributed by atoms with Crippen LogP contribution in [0.5, 0.6) is 0 Å². The fourth-order valence-corrected chi connectivity index (χ4v) is 9.94. The van der Waals surface area contributed by atoms with Crippen LogP contribution >= 0.6 is 0 Å². The van der Waals surface area contributed by atoms with Gasteiger partial charge in [-0.2, -0.15) is 15.1 Å². The van der Waals surface area contributed by atoms with E-state index in [0.717, 1.165) is 12.8 Å². The first-order valence-corrected chi connectivity index (χ1v) is 29.5. The zero-order chi connectivity index (χ0) is 42.4. The van der Waals surface area contributed by atoms with Gasteiger partial charge in [-0.05, 0) is 80.2 Å². The molecule has 57 heavy (non-hydrogen) atoms. The van der Waals surface area contributed by atoms with Gasteiger partial charge in [-0.1, -0.05) is 75.2 Å². The number of nitrogens with zero attached hydrogens (tertiary/aromatic N) is 6. The zero-order valence-electron chi connectivity index (χ0n) is 37.6. The van der Waals surface area contributed by atoms with Crippen LogP contribution in [0.2, 0.25) is 54.4 Å². The molecule has 3 aromatic heterocycles. The molecule has 2 fully saturated rings. The van der Waals surface area contributed by atoms with Gasteiger partial charge in [0.2, 0.25) is 0 Å². The Hall–Kier alpha value is -2.74. The summed E-state index contributed by atoms with van der Waals surface area (Å²) in [5.74, 6) is 0.601. The van der Waals surface area contributed by atoms with E-state index in [0.29, 0.717) is 41.7 Å². The lowest BCUT2D eigenvalue weighted by Gasteiger charge is -2.44. The molecule has 0 bridgehead atoms. The molecule has 0 spiro atoms. The van der Waals surface area contributed by atoms with Crippen molar-refractivity contribution < 1.29 is 27.5 Å². The quantitative estimate of drug-likeness (QED) is 0.0944. The average Bonchev–Trinajstić information content (AvgIpc) is 3.89. The molecule has 1 saturated heterocycles. The molecule has 1 N–H and O–H groups in total. The number of rotatable bonds is 14. The van der Waals surface area contributed by atoms with Crippen LogP contribution in [0, 0.1) is 0 Å². The van der Waals surface area contributed by atoms with Crippen LogP contribution in [0.1, 0.15) is 107 Å². The summed E-state index contributed by atoms with van der Waals surface area (Å²) >= 11 is 0. The van der Waals surface area contributed by atoms with E-state index < -0.39 is 55.5 Å². The number of nitrogens with one attached hydrogen (secondary N) is 1. The highest BCUT2D eigenvalue weighted by molar-refractivity contribution is 6.75. The molecular weight excluding hydrogens is 771 g/mol. The second-order valence-electron chi connectivity index (χ2n) is 20.4. The van der Waals surface area contributed by atoms with Crippen molar-refractivity contribution in [2.24, 2.45) is 0 Å². The van der Waals surface area contributed by atoms with Crippen LogP contribution in [-0.2, 0) is 27.5 Å². The van der Waals surface area contributed by atoms with Gasteiger partial charge < -0.3 is 28.1 Å². The van der Waals surface area contributed by atoms with Crippen LogP contribution in [-0.4, -0.2) is 97.8 Å². The van der Waals surface area contributed by atoms with Gasteiger partial charge in [-0.25, -0.2) is 14.5 Å². The van der Waals surface area contributed by atoms with E-state index in [-0.39, 0.29) is 21.2 Å². The zero-order valence-corrected chi connectivity index (χ0v) is 40.6. The molecule has 16 heteroatoms. The van der Waals surface area contributed by atoms with Crippen LogP contribution in [0.3, 0.4) is 0 Å². The fourth-order valence-electron chi connectivity index (χ4n) is 6.32. The Labute approximate surface area is 344 Å². The van der Waals surface area contributed by atoms with Crippen LogP contribution < -0.4 is 5.32 Å². The lowest BCUT2D eigenvalue weighted by Crippen LogP contribution is -2.54. The first kappa shape index (κ1) is 45.3. The van der Waals surface area contributed by atoms with Crippen molar-refractivity contribution in [3.8, 4) is 5.95 Å². The monoisotopic (exact) mass is 841 g/mol. The summed E-state index contributed by atoms with van der Waals surface area (Å²) < 4.78 is 37.7. The summed E-state index contributed by atoms with van der Waals surface area (Å²) in [4.78, 5) is 27.2. The molecule has 0 radical (unpaired) electrons. The number of ether oxygens (including phenoxy) is 2. The summed E-state index contributed by atoms with van der Waals surface area (Å²) in [5.41, 5.74) is 1.96. The Balaban J connectivity index is 1.66. The molecule has 4 heterocycles. The van der Waals surface area contributed by atoms with E-state index in [1.807, 2.05) is 10.9 Å².